The number of rotatable bonds is 4. The van der Waals surface area contributed by atoms with E-state index in [1.165, 1.54) is 11.3 Å². The molecule has 21 heavy (non-hydrogen) atoms. The van der Waals surface area contributed by atoms with Crippen LogP contribution in [-0.2, 0) is 16.0 Å². The molecule has 4 nitrogen and oxygen atoms in total. The van der Waals surface area contributed by atoms with Crippen LogP contribution >= 0.6 is 11.8 Å². The lowest BCUT2D eigenvalue weighted by molar-refractivity contribution is -0.125. The van der Waals surface area contributed by atoms with Gasteiger partial charge in [-0.05, 0) is 18.1 Å². The van der Waals surface area contributed by atoms with Crippen molar-refractivity contribution >= 4 is 23.4 Å². The van der Waals surface area contributed by atoms with Crippen molar-refractivity contribution in [2.45, 2.75) is 12.5 Å². The smallest absolute Gasteiger partial charge is 0.225 e. The number of nitrogens with one attached hydrogen (secondary N) is 1. The molecule has 0 aliphatic carbocycles. The maximum absolute atomic E-state index is 12.5. The third-order valence-corrected chi connectivity index (χ3v) is 5.36. The van der Waals surface area contributed by atoms with Crippen molar-refractivity contribution in [2.75, 3.05) is 43.2 Å². The number of carbonyl (C=O) groups is 1. The second-order valence-electron chi connectivity index (χ2n) is 5.56. The number of anilines is 1. The standard InChI is InChI=1S/C16H22N2O2S/c1-20-8-6-17-16(19)13-10-12-4-2-3-5-14(12)18-7-9-21-11-15(13)18/h2-5,13,15H,6-11H2,1H3,(H,17,19). The molecule has 5 heteroatoms. The Kier molecular flexibility index (Phi) is 4.70. The monoisotopic (exact) mass is 306 g/mol. The Bertz CT molecular complexity index is 509. The summed E-state index contributed by atoms with van der Waals surface area (Å²) in [5, 5.41) is 3.02. The van der Waals surface area contributed by atoms with Crippen molar-refractivity contribution < 1.29 is 9.53 Å². The van der Waals surface area contributed by atoms with Crippen LogP contribution in [0.25, 0.3) is 0 Å². The predicted octanol–water partition coefficient (Wildman–Crippen LogP) is 1.54. The lowest BCUT2D eigenvalue weighted by atomic mass is 9.85. The highest BCUT2D eigenvalue weighted by atomic mass is 32.2. The molecule has 2 aliphatic heterocycles. The molecule has 1 amide bonds. The van der Waals surface area contributed by atoms with Gasteiger partial charge >= 0.3 is 0 Å². The Hall–Kier alpha value is -1.20. The van der Waals surface area contributed by atoms with E-state index in [4.69, 9.17) is 4.74 Å². The van der Waals surface area contributed by atoms with E-state index in [1.54, 1.807) is 7.11 Å². The quantitative estimate of drug-likeness (QED) is 0.857. The maximum Gasteiger partial charge on any atom is 0.225 e. The first-order valence-electron chi connectivity index (χ1n) is 7.50. The molecule has 0 radical (unpaired) electrons. The highest BCUT2D eigenvalue weighted by molar-refractivity contribution is 7.99. The molecule has 1 N–H and O–H groups in total. The van der Waals surface area contributed by atoms with Crippen molar-refractivity contribution in [3.05, 3.63) is 29.8 Å². The van der Waals surface area contributed by atoms with Gasteiger partial charge in [0.25, 0.3) is 0 Å². The normalized spacial score (nSPS) is 24.1. The number of fused-ring (bicyclic) bond motifs is 3. The molecule has 2 unspecified atom stereocenters. The van der Waals surface area contributed by atoms with Gasteiger partial charge in [-0.25, -0.2) is 0 Å². The zero-order valence-electron chi connectivity index (χ0n) is 12.4. The van der Waals surface area contributed by atoms with E-state index in [2.05, 4.69) is 34.5 Å². The number of benzene rings is 1. The van der Waals surface area contributed by atoms with Crippen LogP contribution in [0.15, 0.2) is 24.3 Å². The highest BCUT2D eigenvalue weighted by Crippen LogP contribution is 2.37. The number of ether oxygens (including phenoxy) is 1. The van der Waals surface area contributed by atoms with E-state index in [-0.39, 0.29) is 11.8 Å². The van der Waals surface area contributed by atoms with Crippen LogP contribution in [0, 0.1) is 5.92 Å². The molecule has 2 aliphatic rings. The molecule has 0 spiro atoms. The Morgan fingerprint density at radius 2 is 2.33 bits per heavy atom. The maximum atomic E-state index is 12.5. The van der Waals surface area contributed by atoms with Crippen molar-refractivity contribution in [2.24, 2.45) is 5.92 Å². The van der Waals surface area contributed by atoms with Gasteiger partial charge < -0.3 is 15.0 Å². The lowest BCUT2D eigenvalue weighted by Crippen LogP contribution is -2.55. The van der Waals surface area contributed by atoms with Crippen LogP contribution in [0.1, 0.15) is 5.56 Å². The van der Waals surface area contributed by atoms with Gasteiger partial charge in [0.1, 0.15) is 0 Å². The van der Waals surface area contributed by atoms with Gasteiger partial charge in [-0.1, -0.05) is 18.2 Å². The zero-order chi connectivity index (χ0) is 14.7. The third-order valence-electron chi connectivity index (χ3n) is 4.31. The van der Waals surface area contributed by atoms with E-state index >= 15 is 0 Å². The van der Waals surface area contributed by atoms with Gasteiger partial charge in [0.05, 0.1) is 12.5 Å². The highest BCUT2D eigenvalue weighted by Gasteiger charge is 2.39. The molecule has 0 saturated carbocycles. The summed E-state index contributed by atoms with van der Waals surface area (Å²) in [6.07, 6.45) is 0.844. The molecule has 0 bridgehead atoms. The topological polar surface area (TPSA) is 41.6 Å². The summed E-state index contributed by atoms with van der Waals surface area (Å²) in [6, 6.07) is 8.83. The minimum atomic E-state index is 0.0459. The second kappa shape index (κ2) is 6.71. The van der Waals surface area contributed by atoms with Crippen molar-refractivity contribution in [3.8, 4) is 0 Å². The third kappa shape index (κ3) is 3.04. The van der Waals surface area contributed by atoms with E-state index in [1.807, 2.05) is 11.8 Å². The number of nitrogens with zero attached hydrogens (tertiary/aromatic N) is 1. The Morgan fingerprint density at radius 3 is 3.19 bits per heavy atom. The van der Waals surface area contributed by atoms with Gasteiger partial charge in [0.2, 0.25) is 5.91 Å². The molecule has 2 heterocycles. The number of hydrogen-bond donors (Lipinski definition) is 1. The Morgan fingerprint density at radius 1 is 1.48 bits per heavy atom. The molecule has 1 fully saturated rings. The fourth-order valence-corrected chi connectivity index (χ4v) is 4.41. The van der Waals surface area contributed by atoms with E-state index in [0.29, 0.717) is 19.2 Å². The minimum absolute atomic E-state index is 0.0459. The number of thioether (sulfide) groups is 1. The first kappa shape index (κ1) is 14.7. The van der Waals surface area contributed by atoms with Crippen molar-refractivity contribution in [1.29, 1.82) is 0 Å². The van der Waals surface area contributed by atoms with Crippen LogP contribution in [0.4, 0.5) is 5.69 Å². The van der Waals surface area contributed by atoms with E-state index in [0.717, 1.165) is 24.5 Å². The van der Waals surface area contributed by atoms with Gasteiger partial charge in [0.15, 0.2) is 0 Å². The molecule has 2 atom stereocenters. The predicted molar refractivity (Wildman–Crippen MR) is 87.0 cm³/mol. The van der Waals surface area contributed by atoms with E-state index in [9.17, 15) is 4.79 Å². The zero-order valence-corrected chi connectivity index (χ0v) is 13.2. The van der Waals surface area contributed by atoms with Crippen LogP contribution in [0.5, 0.6) is 0 Å². The van der Waals surface area contributed by atoms with Gasteiger partial charge in [0, 0.05) is 43.4 Å². The average molecular weight is 306 g/mol. The molecular formula is C16H22N2O2S. The lowest BCUT2D eigenvalue weighted by Gasteiger charge is -2.45. The Balaban J connectivity index is 1.80. The molecule has 1 saturated heterocycles. The van der Waals surface area contributed by atoms with Crippen LogP contribution in [0.2, 0.25) is 0 Å². The van der Waals surface area contributed by atoms with Crippen molar-refractivity contribution in [1.82, 2.24) is 5.32 Å². The number of amides is 1. The molecular weight excluding hydrogens is 284 g/mol. The summed E-state index contributed by atoms with van der Waals surface area (Å²) in [5.74, 6) is 2.39. The SMILES string of the molecule is COCCNC(=O)C1Cc2ccccc2N2CCSCC12. The summed E-state index contributed by atoms with van der Waals surface area (Å²) in [4.78, 5) is 15.0. The molecule has 114 valence electrons. The minimum Gasteiger partial charge on any atom is -0.383 e. The first-order chi connectivity index (χ1) is 10.3. The number of para-hydroxylation sites is 1. The van der Waals surface area contributed by atoms with Crippen LogP contribution < -0.4 is 10.2 Å². The number of hydrogen-bond acceptors (Lipinski definition) is 4. The molecule has 0 aromatic heterocycles. The van der Waals surface area contributed by atoms with Crippen molar-refractivity contribution in [3.63, 3.8) is 0 Å². The molecule has 3 rings (SSSR count). The van der Waals surface area contributed by atoms with Crippen LogP contribution in [-0.4, -0.2) is 50.3 Å². The first-order valence-corrected chi connectivity index (χ1v) is 8.65. The summed E-state index contributed by atoms with van der Waals surface area (Å²) in [5.41, 5.74) is 2.62. The Labute approximate surface area is 130 Å². The summed E-state index contributed by atoms with van der Waals surface area (Å²) >= 11 is 1.96. The fourth-order valence-electron chi connectivity index (χ4n) is 3.27. The summed E-state index contributed by atoms with van der Waals surface area (Å²) in [7, 11) is 1.66. The number of carbonyl (C=O) groups excluding carboxylic acids is 1. The van der Waals surface area contributed by atoms with E-state index < -0.39 is 0 Å². The average Bonchev–Trinajstić information content (AvgIpc) is 2.54. The van der Waals surface area contributed by atoms with Crippen LogP contribution in [0.3, 0.4) is 0 Å². The largest absolute Gasteiger partial charge is 0.383 e. The summed E-state index contributed by atoms with van der Waals surface area (Å²) < 4.78 is 5.01. The van der Waals surface area contributed by atoms with Gasteiger partial charge in [-0.15, -0.1) is 0 Å². The number of methoxy groups -OCH3 is 1. The van der Waals surface area contributed by atoms with Gasteiger partial charge in [-0.3, -0.25) is 4.79 Å². The van der Waals surface area contributed by atoms with Gasteiger partial charge in [-0.2, -0.15) is 11.8 Å². The molecule has 1 aromatic rings. The second-order valence-corrected chi connectivity index (χ2v) is 6.71. The molecule has 1 aromatic carbocycles. The summed E-state index contributed by atoms with van der Waals surface area (Å²) in [6.45, 7) is 2.19. The fraction of sp³-hybridized carbons (Fsp3) is 0.562.